The number of rotatable bonds is 3. The van der Waals surface area contributed by atoms with Crippen molar-refractivity contribution in [1.29, 1.82) is 5.26 Å². The second kappa shape index (κ2) is 4.74. The second-order valence-corrected chi connectivity index (χ2v) is 4.92. The van der Waals surface area contributed by atoms with Crippen molar-refractivity contribution in [3.63, 3.8) is 0 Å². The molecule has 2 fully saturated rings. The first kappa shape index (κ1) is 13.7. The van der Waals surface area contributed by atoms with Gasteiger partial charge < -0.3 is 29.8 Å². The zero-order valence-corrected chi connectivity index (χ0v) is 10.6. The van der Waals surface area contributed by atoms with Crippen molar-refractivity contribution in [2.75, 3.05) is 7.11 Å². The van der Waals surface area contributed by atoms with E-state index in [1.54, 1.807) is 19.9 Å². The normalized spacial score (nSPS) is 41.1. The van der Waals surface area contributed by atoms with Crippen LogP contribution in [0.25, 0.3) is 0 Å². The molecule has 0 radical (unpaired) electrons. The summed E-state index contributed by atoms with van der Waals surface area (Å²) in [5, 5.41) is 18.7. The summed E-state index contributed by atoms with van der Waals surface area (Å²) >= 11 is 0. The molecule has 0 aliphatic carbocycles. The summed E-state index contributed by atoms with van der Waals surface area (Å²) in [5.74, 6) is -0.773. The highest BCUT2D eigenvalue weighted by Gasteiger charge is 2.58. The van der Waals surface area contributed by atoms with Gasteiger partial charge in [-0.05, 0) is 13.8 Å². The summed E-state index contributed by atoms with van der Waals surface area (Å²) in [6, 6.07) is 0.743. The van der Waals surface area contributed by atoms with Gasteiger partial charge in [0.15, 0.2) is 12.1 Å². The quantitative estimate of drug-likeness (QED) is 0.674. The molecule has 102 valence electrons. The van der Waals surface area contributed by atoms with E-state index in [1.807, 2.05) is 0 Å². The Hall–Kier alpha value is -0.750. The van der Waals surface area contributed by atoms with Crippen molar-refractivity contribution in [3.05, 3.63) is 0 Å². The number of nitrogens with two attached hydrogens (primary N) is 1. The average Bonchev–Trinajstić information content (AvgIpc) is 2.80. The lowest BCUT2D eigenvalue weighted by molar-refractivity contribution is -0.237. The maximum absolute atomic E-state index is 9.98. The lowest BCUT2D eigenvalue weighted by atomic mass is 10.0. The molecule has 0 unspecified atom stereocenters. The predicted octanol–water partition coefficient (Wildman–Crippen LogP) is -0.910. The molecule has 2 aliphatic rings. The number of nitriles is 1. The molecule has 0 aromatic heterocycles. The van der Waals surface area contributed by atoms with Crippen LogP contribution in [0.15, 0.2) is 0 Å². The van der Waals surface area contributed by atoms with Gasteiger partial charge in [0, 0.05) is 7.11 Å². The van der Waals surface area contributed by atoms with Crippen molar-refractivity contribution >= 4 is 0 Å². The number of hydrogen-bond acceptors (Lipinski definition) is 7. The zero-order chi connectivity index (χ0) is 13.5. The van der Waals surface area contributed by atoms with Gasteiger partial charge in [-0.25, -0.2) is 0 Å². The van der Waals surface area contributed by atoms with Gasteiger partial charge in [-0.2, -0.15) is 5.26 Å². The predicted molar refractivity (Wildman–Crippen MR) is 59.1 cm³/mol. The first-order chi connectivity index (χ1) is 8.39. The Morgan fingerprint density at radius 2 is 2.00 bits per heavy atom. The molecule has 0 amide bonds. The lowest BCUT2D eigenvalue weighted by Crippen LogP contribution is -2.47. The summed E-state index contributed by atoms with van der Waals surface area (Å²) in [6.45, 7) is 3.54. The lowest BCUT2D eigenvalue weighted by Gasteiger charge is -2.26. The minimum Gasteiger partial charge on any atom is -0.388 e. The van der Waals surface area contributed by atoms with Crippen molar-refractivity contribution in [2.24, 2.45) is 5.73 Å². The molecule has 0 aromatic rings. The first-order valence-electron chi connectivity index (χ1n) is 5.77. The van der Waals surface area contributed by atoms with Crippen LogP contribution in [-0.4, -0.2) is 54.8 Å². The molecular weight excluding hydrogens is 240 g/mol. The third-order valence-electron chi connectivity index (χ3n) is 3.13. The number of fused-ring (bicyclic) bond motifs is 1. The third-order valence-corrected chi connectivity index (χ3v) is 3.13. The standard InChI is InChI=1S/C11H18N2O5/c1-11(2)17-8-7(6(14)5(13)4-12)16-10(15-3)9(8)18-11/h5-10,14H,13H2,1-3H3/t5-,6-,7-,8-,9-,10-/m1/s1. The maximum Gasteiger partial charge on any atom is 0.186 e. The fourth-order valence-electron chi connectivity index (χ4n) is 2.34. The van der Waals surface area contributed by atoms with Crippen LogP contribution in [0.2, 0.25) is 0 Å². The summed E-state index contributed by atoms with van der Waals surface area (Å²) in [7, 11) is 1.48. The average molecular weight is 258 g/mol. The largest absolute Gasteiger partial charge is 0.388 e. The molecule has 2 rings (SSSR count). The molecule has 0 bridgehead atoms. The number of aliphatic hydroxyl groups excluding tert-OH is 1. The molecule has 18 heavy (non-hydrogen) atoms. The molecule has 7 nitrogen and oxygen atoms in total. The van der Waals surface area contributed by atoms with E-state index < -0.39 is 42.5 Å². The summed E-state index contributed by atoms with van der Waals surface area (Å²) < 4.78 is 22.0. The first-order valence-corrected chi connectivity index (χ1v) is 5.77. The Bertz CT molecular complexity index is 356. The highest BCUT2D eigenvalue weighted by atomic mass is 16.8. The third kappa shape index (κ3) is 2.23. The zero-order valence-electron chi connectivity index (χ0n) is 10.6. The Labute approximate surface area is 105 Å². The van der Waals surface area contributed by atoms with Crippen molar-refractivity contribution in [3.8, 4) is 6.07 Å². The number of nitrogens with zero attached hydrogens (tertiary/aromatic N) is 1. The summed E-state index contributed by atoms with van der Waals surface area (Å²) in [5.41, 5.74) is 5.51. The van der Waals surface area contributed by atoms with Gasteiger partial charge in [-0.3, -0.25) is 0 Å². The van der Waals surface area contributed by atoms with Gasteiger partial charge in [0.1, 0.15) is 30.5 Å². The topological polar surface area (TPSA) is 107 Å². The molecule has 3 N–H and O–H groups in total. The van der Waals surface area contributed by atoms with Crippen molar-refractivity contribution < 1.29 is 24.1 Å². The van der Waals surface area contributed by atoms with Crippen LogP contribution in [-0.2, 0) is 18.9 Å². The van der Waals surface area contributed by atoms with Gasteiger partial charge in [0.05, 0.1) is 6.07 Å². The summed E-state index contributed by atoms with van der Waals surface area (Å²) in [6.07, 6.45) is -3.46. The SMILES string of the molecule is CO[C@@H]1O[C@H]([C@H](O)[C@H](N)C#N)[C@H]2OC(C)(C)O[C@@H]12. The molecule has 0 spiro atoms. The van der Waals surface area contributed by atoms with E-state index >= 15 is 0 Å². The van der Waals surface area contributed by atoms with E-state index in [9.17, 15) is 5.11 Å². The van der Waals surface area contributed by atoms with Gasteiger partial charge in [-0.15, -0.1) is 0 Å². The van der Waals surface area contributed by atoms with Crippen LogP contribution >= 0.6 is 0 Å². The van der Waals surface area contributed by atoms with E-state index in [4.69, 9.17) is 29.9 Å². The van der Waals surface area contributed by atoms with E-state index in [2.05, 4.69) is 0 Å². The molecule has 7 heteroatoms. The highest BCUT2D eigenvalue weighted by molar-refractivity contribution is 5.04. The van der Waals surface area contributed by atoms with Crippen LogP contribution in [0, 0.1) is 11.3 Å². The van der Waals surface area contributed by atoms with E-state index in [-0.39, 0.29) is 0 Å². The molecular formula is C11H18N2O5. The minimum atomic E-state index is -1.15. The van der Waals surface area contributed by atoms with Crippen LogP contribution in [0.5, 0.6) is 0 Å². The molecule has 2 heterocycles. The smallest absolute Gasteiger partial charge is 0.186 e. The minimum absolute atomic E-state index is 0.435. The van der Waals surface area contributed by atoms with E-state index in [0.717, 1.165) is 0 Å². The number of hydrogen-bond donors (Lipinski definition) is 2. The fourth-order valence-corrected chi connectivity index (χ4v) is 2.34. The molecule has 6 atom stereocenters. The van der Waals surface area contributed by atoms with Crippen LogP contribution in [0.3, 0.4) is 0 Å². The number of methoxy groups -OCH3 is 1. The molecule has 0 saturated carbocycles. The van der Waals surface area contributed by atoms with E-state index in [0.29, 0.717) is 0 Å². The van der Waals surface area contributed by atoms with Crippen LogP contribution in [0.4, 0.5) is 0 Å². The molecule has 0 aromatic carbocycles. The van der Waals surface area contributed by atoms with Gasteiger partial charge >= 0.3 is 0 Å². The van der Waals surface area contributed by atoms with Crippen LogP contribution < -0.4 is 5.73 Å². The van der Waals surface area contributed by atoms with Crippen molar-refractivity contribution in [1.82, 2.24) is 0 Å². The fraction of sp³-hybridized carbons (Fsp3) is 0.909. The van der Waals surface area contributed by atoms with Crippen molar-refractivity contribution in [2.45, 2.75) is 56.4 Å². The second-order valence-electron chi connectivity index (χ2n) is 4.92. The number of aliphatic hydroxyl groups is 1. The Balaban J connectivity index is 2.16. The Morgan fingerprint density at radius 3 is 2.56 bits per heavy atom. The molecule has 2 saturated heterocycles. The van der Waals surface area contributed by atoms with Gasteiger partial charge in [-0.1, -0.05) is 0 Å². The highest BCUT2D eigenvalue weighted by Crippen LogP contribution is 2.40. The number of ether oxygens (including phenoxy) is 4. The van der Waals surface area contributed by atoms with Crippen LogP contribution in [0.1, 0.15) is 13.8 Å². The van der Waals surface area contributed by atoms with Gasteiger partial charge in [0.2, 0.25) is 0 Å². The summed E-state index contributed by atoms with van der Waals surface area (Å²) in [4.78, 5) is 0. The van der Waals surface area contributed by atoms with Gasteiger partial charge in [0.25, 0.3) is 0 Å². The maximum atomic E-state index is 9.98. The Morgan fingerprint density at radius 1 is 1.39 bits per heavy atom. The molecule has 2 aliphatic heterocycles. The Kier molecular flexibility index (Phi) is 3.60. The van der Waals surface area contributed by atoms with E-state index in [1.165, 1.54) is 7.11 Å². The monoisotopic (exact) mass is 258 g/mol.